The summed E-state index contributed by atoms with van der Waals surface area (Å²) in [6, 6.07) is 7.40. The molecule has 0 radical (unpaired) electrons. The number of nitrogens with one attached hydrogen (secondary N) is 2. The highest BCUT2D eigenvalue weighted by molar-refractivity contribution is 7.14. The number of aliphatic hydroxyl groups is 1. The lowest BCUT2D eigenvalue weighted by Gasteiger charge is -2.08. The molecule has 1 aliphatic heterocycles. The molecule has 3 rings (SSSR count). The number of benzene rings is 1. The van der Waals surface area contributed by atoms with Gasteiger partial charge in [-0.25, -0.2) is 4.98 Å². The topological polar surface area (TPSA) is 83.5 Å². The predicted molar refractivity (Wildman–Crippen MR) is 94.4 cm³/mol. The molecule has 128 valence electrons. The zero-order valence-electron chi connectivity index (χ0n) is 13.5. The molecule has 2 unspecified atom stereocenters. The SMILES string of the molecule is CCCOc1ccc(-c2csc(NC(=O)C3CC(O)CN3)n2)cc1. The minimum Gasteiger partial charge on any atom is -0.494 e. The van der Waals surface area contributed by atoms with Crippen LogP contribution in [0.2, 0.25) is 0 Å². The molecule has 1 fully saturated rings. The fourth-order valence-electron chi connectivity index (χ4n) is 2.51. The van der Waals surface area contributed by atoms with Crippen molar-refractivity contribution in [3.8, 4) is 17.0 Å². The smallest absolute Gasteiger partial charge is 0.243 e. The van der Waals surface area contributed by atoms with Gasteiger partial charge >= 0.3 is 0 Å². The molecule has 2 heterocycles. The average Bonchev–Trinajstić information content (AvgIpc) is 3.22. The summed E-state index contributed by atoms with van der Waals surface area (Å²) < 4.78 is 5.57. The van der Waals surface area contributed by atoms with Crippen molar-refractivity contribution in [2.45, 2.75) is 31.9 Å². The maximum absolute atomic E-state index is 12.1. The highest BCUT2D eigenvalue weighted by atomic mass is 32.1. The Balaban J connectivity index is 1.61. The van der Waals surface area contributed by atoms with Gasteiger partial charge in [-0.2, -0.15) is 0 Å². The summed E-state index contributed by atoms with van der Waals surface area (Å²) in [4.78, 5) is 16.6. The van der Waals surface area contributed by atoms with Gasteiger partial charge in [0.2, 0.25) is 5.91 Å². The Morgan fingerprint density at radius 3 is 2.92 bits per heavy atom. The van der Waals surface area contributed by atoms with Crippen molar-refractivity contribution < 1.29 is 14.6 Å². The number of aromatic nitrogens is 1. The molecule has 1 saturated heterocycles. The fourth-order valence-corrected chi connectivity index (χ4v) is 3.24. The number of hydrogen-bond acceptors (Lipinski definition) is 6. The van der Waals surface area contributed by atoms with E-state index in [0.29, 0.717) is 24.7 Å². The Bertz CT molecular complexity index is 687. The molecule has 1 aromatic carbocycles. The first-order chi connectivity index (χ1) is 11.7. The highest BCUT2D eigenvalue weighted by Gasteiger charge is 2.28. The quantitative estimate of drug-likeness (QED) is 0.746. The van der Waals surface area contributed by atoms with Crippen LogP contribution >= 0.6 is 11.3 Å². The highest BCUT2D eigenvalue weighted by Crippen LogP contribution is 2.27. The van der Waals surface area contributed by atoms with Gasteiger partial charge in [-0.05, 0) is 37.1 Å². The Morgan fingerprint density at radius 1 is 1.46 bits per heavy atom. The van der Waals surface area contributed by atoms with E-state index in [2.05, 4.69) is 22.5 Å². The van der Waals surface area contributed by atoms with E-state index >= 15 is 0 Å². The van der Waals surface area contributed by atoms with Crippen molar-refractivity contribution in [1.29, 1.82) is 0 Å². The van der Waals surface area contributed by atoms with Crippen LogP contribution in [0.5, 0.6) is 5.75 Å². The number of thiazole rings is 1. The van der Waals surface area contributed by atoms with Crippen LogP contribution in [0, 0.1) is 0 Å². The third-order valence-electron chi connectivity index (χ3n) is 3.78. The Hall–Kier alpha value is -1.96. The van der Waals surface area contributed by atoms with Crippen molar-refractivity contribution >= 4 is 22.4 Å². The van der Waals surface area contributed by atoms with E-state index in [-0.39, 0.29) is 11.9 Å². The largest absolute Gasteiger partial charge is 0.494 e. The van der Waals surface area contributed by atoms with Gasteiger partial charge in [0, 0.05) is 17.5 Å². The summed E-state index contributed by atoms with van der Waals surface area (Å²) in [5, 5.41) is 17.7. The van der Waals surface area contributed by atoms with Gasteiger partial charge in [0.25, 0.3) is 0 Å². The maximum atomic E-state index is 12.1. The van der Waals surface area contributed by atoms with Gasteiger partial charge in [-0.1, -0.05) is 6.92 Å². The number of aliphatic hydroxyl groups excluding tert-OH is 1. The lowest BCUT2D eigenvalue weighted by Crippen LogP contribution is -2.35. The van der Waals surface area contributed by atoms with E-state index in [0.717, 1.165) is 23.4 Å². The summed E-state index contributed by atoms with van der Waals surface area (Å²) in [6.07, 6.45) is 0.952. The molecular formula is C17H21N3O3S. The van der Waals surface area contributed by atoms with Gasteiger partial charge < -0.3 is 20.5 Å². The Labute approximate surface area is 144 Å². The molecule has 0 aliphatic carbocycles. The Morgan fingerprint density at radius 2 is 2.25 bits per heavy atom. The molecule has 24 heavy (non-hydrogen) atoms. The van der Waals surface area contributed by atoms with E-state index in [1.54, 1.807) is 0 Å². The summed E-state index contributed by atoms with van der Waals surface area (Å²) in [5.74, 6) is 0.686. The molecule has 3 N–H and O–H groups in total. The summed E-state index contributed by atoms with van der Waals surface area (Å²) in [6.45, 7) is 3.23. The van der Waals surface area contributed by atoms with Crippen LogP contribution in [0.25, 0.3) is 11.3 Å². The third kappa shape index (κ3) is 4.11. The van der Waals surface area contributed by atoms with E-state index < -0.39 is 6.10 Å². The number of hydrogen-bond donors (Lipinski definition) is 3. The van der Waals surface area contributed by atoms with Crippen LogP contribution in [0.3, 0.4) is 0 Å². The standard InChI is InChI=1S/C17H21N3O3S/c1-2-7-23-13-5-3-11(4-6-13)15-10-24-17(19-15)20-16(22)14-8-12(21)9-18-14/h3-6,10,12,14,18,21H,2,7-9H2,1H3,(H,19,20,22). The predicted octanol–water partition coefficient (Wildman–Crippen LogP) is 2.26. The number of anilines is 1. The van der Waals surface area contributed by atoms with Crippen molar-refractivity contribution in [1.82, 2.24) is 10.3 Å². The molecular weight excluding hydrogens is 326 g/mol. The van der Waals surface area contributed by atoms with Gasteiger partial charge in [-0.3, -0.25) is 4.79 Å². The van der Waals surface area contributed by atoms with Crippen LogP contribution in [0.15, 0.2) is 29.6 Å². The molecule has 2 atom stereocenters. The monoisotopic (exact) mass is 347 g/mol. The third-order valence-corrected chi connectivity index (χ3v) is 4.54. The minimum atomic E-state index is -0.457. The zero-order valence-corrected chi connectivity index (χ0v) is 14.3. The normalized spacial score (nSPS) is 20.1. The summed E-state index contributed by atoms with van der Waals surface area (Å²) in [7, 11) is 0. The number of rotatable bonds is 6. The number of amides is 1. The first-order valence-electron chi connectivity index (χ1n) is 8.06. The molecule has 7 heteroatoms. The van der Waals surface area contributed by atoms with Crippen LogP contribution in [0.4, 0.5) is 5.13 Å². The lowest BCUT2D eigenvalue weighted by atomic mass is 10.2. The number of carbonyl (C=O) groups excluding carboxylic acids is 1. The summed E-state index contributed by atoms with van der Waals surface area (Å²) >= 11 is 1.39. The average molecular weight is 347 g/mol. The van der Waals surface area contributed by atoms with Gasteiger partial charge in [-0.15, -0.1) is 11.3 Å². The second-order valence-electron chi connectivity index (χ2n) is 5.75. The number of nitrogens with zero attached hydrogens (tertiary/aromatic N) is 1. The fraction of sp³-hybridized carbons (Fsp3) is 0.412. The molecule has 1 aromatic heterocycles. The molecule has 0 spiro atoms. The second kappa shape index (κ2) is 7.74. The Kier molecular flexibility index (Phi) is 5.44. The minimum absolute atomic E-state index is 0.157. The zero-order chi connectivity index (χ0) is 16.9. The van der Waals surface area contributed by atoms with Crippen LogP contribution in [-0.4, -0.2) is 41.3 Å². The lowest BCUT2D eigenvalue weighted by molar-refractivity contribution is -0.117. The molecule has 1 amide bonds. The first kappa shape index (κ1) is 16.9. The van der Waals surface area contributed by atoms with Crippen LogP contribution in [0.1, 0.15) is 19.8 Å². The summed E-state index contributed by atoms with van der Waals surface area (Å²) in [5.41, 5.74) is 1.79. The van der Waals surface area contributed by atoms with Gasteiger partial charge in [0.1, 0.15) is 5.75 Å². The number of β-amino-alcohol motifs (C(OH)–C–C–N with tert-alkyl or cyclic N) is 1. The van der Waals surface area contributed by atoms with Crippen molar-refractivity contribution in [3.05, 3.63) is 29.6 Å². The van der Waals surface area contributed by atoms with E-state index in [1.165, 1.54) is 11.3 Å². The van der Waals surface area contributed by atoms with E-state index in [1.807, 2.05) is 29.6 Å². The van der Waals surface area contributed by atoms with Crippen LogP contribution in [-0.2, 0) is 4.79 Å². The molecule has 2 aromatic rings. The van der Waals surface area contributed by atoms with Gasteiger partial charge in [0.15, 0.2) is 5.13 Å². The number of ether oxygens (including phenoxy) is 1. The maximum Gasteiger partial charge on any atom is 0.243 e. The van der Waals surface area contributed by atoms with Crippen LogP contribution < -0.4 is 15.4 Å². The second-order valence-corrected chi connectivity index (χ2v) is 6.61. The molecule has 1 aliphatic rings. The van der Waals surface area contributed by atoms with Crippen molar-refractivity contribution in [2.75, 3.05) is 18.5 Å². The molecule has 0 saturated carbocycles. The van der Waals surface area contributed by atoms with E-state index in [4.69, 9.17) is 4.74 Å². The number of carbonyl (C=O) groups is 1. The van der Waals surface area contributed by atoms with Gasteiger partial charge in [0.05, 0.1) is 24.4 Å². The van der Waals surface area contributed by atoms with E-state index in [9.17, 15) is 9.90 Å². The molecule has 0 bridgehead atoms. The van der Waals surface area contributed by atoms with Crippen molar-refractivity contribution in [3.63, 3.8) is 0 Å². The first-order valence-corrected chi connectivity index (χ1v) is 8.94. The molecule has 6 nitrogen and oxygen atoms in total. The van der Waals surface area contributed by atoms with Crippen molar-refractivity contribution in [2.24, 2.45) is 0 Å².